The quantitative estimate of drug-likeness (QED) is 0.461. The van der Waals surface area contributed by atoms with E-state index in [1.165, 1.54) is 12.1 Å². The molecular formula is C8H5O3. The molecule has 0 heterocycles. The molecule has 0 unspecified atom stereocenters. The lowest BCUT2D eigenvalue weighted by atomic mass is 10.1. The Labute approximate surface area is 63.3 Å². The van der Waals surface area contributed by atoms with Crippen molar-refractivity contribution in [1.29, 1.82) is 0 Å². The highest BCUT2D eigenvalue weighted by molar-refractivity contribution is 6.39. The average molecular weight is 149 g/mol. The summed E-state index contributed by atoms with van der Waals surface area (Å²) in [5.74, 6) is -2.65. The van der Waals surface area contributed by atoms with Crippen LogP contribution in [0.25, 0.3) is 0 Å². The van der Waals surface area contributed by atoms with E-state index in [0.29, 0.717) is 0 Å². The van der Waals surface area contributed by atoms with Crippen molar-refractivity contribution in [2.24, 2.45) is 0 Å². The summed E-state index contributed by atoms with van der Waals surface area (Å²) in [6.07, 6.45) is 0. The first-order chi connectivity index (χ1) is 5.22. The molecule has 1 radical (unpaired) electrons. The Balaban J connectivity index is 2.95. The molecule has 1 aromatic rings. The molecule has 0 amide bonds. The summed E-state index contributed by atoms with van der Waals surface area (Å²) >= 11 is 0. The average Bonchev–Trinajstić information content (AvgIpc) is 2.05. The molecule has 0 aliphatic rings. The maximum atomic E-state index is 10.7. The Morgan fingerprint density at radius 3 is 2.00 bits per heavy atom. The van der Waals surface area contributed by atoms with E-state index >= 15 is 0 Å². The first kappa shape index (κ1) is 7.47. The predicted molar refractivity (Wildman–Crippen MR) is 36.5 cm³/mol. The number of carbonyl (C=O) groups is 2. The molecule has 0 fully saturated rings. The number of hydrogen-bond donors (Lipinski definition) is 0. The van der Waals surface area contributed by atoms with Crippen molar-refractivity contribution in [2.75, 3.05) is 0 Å². The molecule has 55 valence electrons. The standard InChI is InChI=1S/C8H5O3/c9-7(8(10)11)6-4-2-1-3-5-6/h1-5H. The third kappa shape index (κ3) is 1.64. The minimum absolute atomic E-state index is 0.146. The van der Waals surface area contributed by atoms with Crippen molar-refractivity contribution >= 4 is 11.8 Å². The van der Waals surface area contributed by atoms with Crippen LogP contribution in [0.4, 0.5) is 0 Å². The van der Waals surface area contributed by atoms with Crippen LogP contribution in [-0.2, 0) is 9.90 Å². The van der Waals surface area contributed by atoms with Gasteiger partial charge < -0.3 is 0 Å². The van der Waals surface area contributed by atoms with Crippen LogP contribution in [0.2, 0.25) is 0 Å². The topological polar surface area (TPSA) is 54.0 Å². The lowest BCUT2D eigenvalue weighted by Crippen LogP contribution is -2.10. The Morgan fingerprint density at radius 2 is 1.55 bits per heavy atom. The zero-order valence-corrected chi connectivity index (χ0v) is 5.61. The van der Waals surface area contributed by atoms with E-state index in [-0.39, 0.29) is 5.56 Å². The minimum Gasteiger partial charge on any atom is -0.281 e. The van der Waals surface area contributed by atoms with Gasteiger partial charge in [0.25, 0.3) is 5.78 Å². The van der Waals surface area contributed by atoms with E-state index in [9.17, 15) is 14.7 Å². The van der Waals surface area contributed by atoms with Gasteiger partial charge in [0.2, 0.25) is 0 Å². The second-order valence-electron chi connectivity index (χ2n) is 1.98. The molecule has 3 heteroatoms. The Hall–Kier alpha value is -1.64. The van der Waals surface area contributed by atoms with Gasteiger partial charge in [0, 0.05) is 5.56 Å². The molecule has 0 aromatic heterocycles. The molecule has 0 saturated heterocycles. The SMILES string of the molecule is [O]C(=O)C(=O)c1ccccc1. The van der Waals surface area contributed by atoms with Gasteiger partial charge in [-0.3, -0.25) is 4.79 Å². The summed E-state index contributed by atoms with van der Waals surface area (Å²) in [4.78, 5) is 20.7. The van der Waals surface area contributed by atoms with Gasteiger partial charge in [-0.1, -0.05) is 30.3 Å². The van der Waals surface area contributed by atoms with Crippen LogP contribution >= 0.6 is 0 Å². The maximum absolute atomic E-state index is 10.7. The number of Topliss-reactive ketones (excluding diaryl/α,β-unsaturated/α-hetero) is 1. The summed E-state index contributed by atoms with van der Waals surface area (Å²) in [6, 6.07) is 7.74. The molecule has 0 aliphatic carbocycles. The van der Waals surface area contributed by atoms with Gasteiger partial charge in [0.15, 0.2) is 0 Å². The zero-order valence-electron chi connectivity index (χ0n) is 5.61. The largest absolute Gasteiger partial charge is 0.426 e. The molecule has 0 saturated carbocycles. The molecule has 0 N–H and O–H groups in total. The first-order valence-electron chi connectivity index (χ1n) is 3.02. The number of carbonyl (C=O) groups excluding carboxylic acids is 2. The Kier molecular flexibility index (Phi) is 2.01. The van der Waals surface area contributed by atoms with E-state index in [1.54, 1.807) is 18.2 Å². The first-order valence-corrected chi connectivity index (χ1v) is 3.02. The van der Waals surface area contributed by atoms with Gasteiger partial charge in [0.05, 0.1) is 0 Å². The van der Waals surface area contributed by atoms with E-state index in [4.69, 9.17) is 0 Å². The van der Waals surface area contributed by atoms with Crippen LogP contribution in [-0.4, -0.2) is 11.8 Å². The fourth-order valence-electron chi connectivity index (χ4n) is 0.707. The van der Waals surface area contributed by atoms with Crippen LogP contribution in [0, 0.1) is 0 Å². The van der Waals surface area contributed by atoms with Crippen molar-refractivity contribution in [3.8, 4) is 0 Å². The van der Waals surface area contributed by atoms with E-state index in [2.05, 4.69) is 0 Å². The van der Waals surface area contributed by atoms with Crippen LogP contribution in [0.3, 0.4) is 0 Å². The van der Waals surface area contributed by atoms with Crippen molar-refractivity contribution < 1.29 is 14.7 Å². The van der Waals surface area contributed by atoms with Gasteiger partial charge in [-0.05, 0) is 0 Å². The molecule has 3 nitrogen and oxygen atoms in total. The fraction of sp³-hybridized carbons (Fsp3) is 0. The lowest BCUT2D eigenvalue weighted by Gasteiger charge is -1.90. The normalized spacial score (nSPS) is 9.09. The number of ketones is 1. The summed E-state index contributed by atoms with van der Waals surface area (Å²) in [7, 11) is 0. The number of rotatable bonds is 2. The van der Waals surface area contributed by atoms with Gasteiger partial charge >= 0.3 is 5.97 Å². The molecule has 1 aromatic carbocycles. The number of hydrogen-bond acceptors (Lipinski definition) is 2. The Morgan fingerprint density at radius 1 is 1.00 bits per heavy atom. The van der Waals surface area contributed by atoms with E-state index in [1.807, 2.05) is 0 Å². The molecule has 0 aliphatic heterocycles. The second kappa shape index (κ2) is 2.96. The highest BCUT2D eigenvalue weighted by atomic mass is 16.4. The highest BCUT2D eigenvalue weighted by Gasteiger charge is 2.14. The van der Waals surface area contributed by atoms with Crippen LogP contribution < -0.4 is 0 Å². The molecule has 1 rings (SSSR count). The Bertz CT molecular complexity index is 277. The summed E-state index contributed by atoms with van der Waals surface area (Å²) in [5.41, 5.74) is 0.146. The molecular weight excluding hydrogens is 144 g/mol. The van der Waals surface area contributed by atoms with E-state index < -0.39 is 11.8 Å². The van der Waals surface area contributed by atoms with Gasteiger partial charge in [-0.15, -0.1) is 0 Å². The maximum Gasteiger partial charge on any atom is 0.426 e. The minimum atomic E-state index is -1.67. The summed E-state index contributed by atoms with van der Waals surface area (Å²) in [6.45, 7) is 0. The van der Waals surface area contributed by atoms with Crippen LogP contribution in [0.1, 0.15) is 10.4 Å². The highest BCUT2D eigenvalue weighted by Crippen LogP contribution is 1.99. The van der Waals surface area contributed by atoms with Crippen molar-refractivity contribution in [1.82, 2.24) is 0 Å². The van der Waals surface area contributed by atoms with Crippen molar-refractivity contribution in [2.45, 2.75) is 0 Å². The predicted octanol–water partition coefficient (Wildman–Crippen LogP) is 0.826. The second-order valence-corrected chi connectivity index (χ2v) is 1.98. The zero-order chi connectivity index (χ0) is 8.27. The molecule has 11 heavy (non-hydrogen) atoms. The summed E-state index contributed by atoms with van der Waals surface area (Å²) in [5, 5.41) is 10.0. The van der Waals surface area contributed by atoms with Crippen molar-refractivity contribution in [3.63, 3.8) is 0 Å². The van der Waals surface area contributed by atoms with Crippen LogP contribution in [0.15, 0.2) is 30.3 Å². The van der Waals surface area contributed by atoms with Gasteiger partial charge in [0.1, 0.15) is 0 Å². The smallest absolute Gasteiger partial charge is 0.281 e. The summed E-state index contributed by atoms with van der Waals surface area (Å²) < 4.78 is 0. The molecule has 0 spiro atoms. The monoisotopic (exact) mass is 149 g/mol. The number of benzene rings is 1. The molecule has 0 bridgehead atoms. The van der Waals surface area contributed by atoms with Crippen LogP contribution in [0.5, 0.6) is 0 Å². The third-order valence-electron chi connectivity index (χ3n) is 1.22. The van der Waals surface area contributed by atoms with Crippen molar-refractivity contribution in [3.05, 3.63) is 35.9 Å². The molecule has 0 atom stereocenters. The van der Waals surface area contributed by atoms with Gasteiger partial charge in [-0.2, -0.15) is 0 Å². The lowest BCUT2D eigenvalue weighted by molar-refractivity contribution is -0.137. The third-order valence-corrected chi connectivity index (χ3v) is 1.22. The fourth-order valence-corrected chi connectivity index (χ4v) is 0.707. The van der Waals surface area contributed by atoms with E-state index in [0.717, 1.165) is 0 Å². The van der Waals surface area contributed by atoms with Gasteiger partial charge in [-0.25, -0.2) is 9.90 Å².